The van der Waals surface area contributed by atoms with E-state index < -0.39 is 41.3 Å². The van der Waals surface area contributed by atoms with Crippen molar-refractivity contribution in [2.24, 2.45) is 0 Å². The van der Waals surface area contributed by atoms with Crippen molar-refractivity contribution in [3.63, 3.8) is 0 Å². The van der Waals surface area contributed by atoms with E-state index in [0.717, 1.165) is 37.0 Å². The summed E-state index contributed by atoms with van der Waals surface area (Å²) in [5.74, 6) is -0.775. The molecular weight excluding hydrogens is 558 g/mol. The van der Waals surface area contributed by atoms with Crippen LogP contribution in [0.25, 0.3) is 0 Å². The number of ether oxygens (including phenoxy) is 3. The number of nitrogens with zero attached hydrogens (tertiary/aromatic N) is 1. The molecule has 11 heteroatoms. The second-order valence-electron chi connectivity index (χ2n) is 12.3. The predicted octanol–water partition coefficient (Wildman–Crippen LogP) is 5.22. The molecule has 1 aliphatic rings. The Morgan fingerprint density at radius 2 is 1.62 bits per heavy atom. The monoisotopic (exact) mass is 607 g/mol. The minimum atomic E-state index is -0.696. The number of carbonyl (C=O) groups excluding carboxylic acids is 4. The van der Waals surface area contributed by atoms with Gasteiger partial charge in [0.25, 0.3) is 0 Å². The van der Waals surface area contributed by atoms with Gasteiger partial charge in [-0.05, 0) is 73.4 Å². The van der Waals surface area contributed by atoms with E-state index in [1.54, 1.807) is 27.7 Å². The number of carbonyl (C=O) groups is 4. The predicted molar refractivity (Wildman–Crippen MR) is 165 cm³/mol. The molecule has 2 atom stereocenters. The first-order valence-electron chi connectivity index (χ1n) is 14.8. The van der Waals surface area contributed by atoms with E-state index in [4.69, 9.17) is 14.2 Å². The molecule has 0 aromatic heterocycles. The minimum Gasteiger partial charge on any atom is -0.465 e. The van der Waals surface area contributed by atoms with Crippen LogP contribution in [0.2, 0.25) is 0 Å². The van der Waals surface area contributed by atoms with Crippen LogP contribution >= 0.6 is 11.8 Å². The van der Waals surface area contributed by atoms with Crippen molar-refractivity contribution >= 4 is 41.4 Å². The van der Waals surface area contributed by atoms with Crippen LogP contribution in [0.15, 0.2) is 29.2 Å². The van der Waals surface area contributed by atoms with Gasteiger partial charge in [-0.3, -0.25) is 24.6 Å². The van der Waals surface area contributed by atoms with E-state index in [0.29, 0.717) is 24.4 Å². The fourth-order valence-electron chi connectivity index (χ4n) is 4.40. The van der Waals surface area contributed by atoms with E-state index in [2.05, 4.69) is 10.6 Å². The molecule has 1 aliphatic heterocycles. The van der Waals surface area contributed by atoms with Crippen molar-refractivity contribution in [1.82, 2.24) is 10.6 Å². The van der Waals surface area contributed by atoms with Crippen molar-refractivity contribution in [2.75, 3.05) is 30.3 Å². The van der Waals surface area contributed by atoms with E-state index in [9.17, 15) is 19.2 Å². The number of para-hydroxylation sites is 1. The molecule has 2 N–H and O–H groups in total. The summed E-state index contributed by atoms with van der Waals surface area (Å²) in [4.78, 5) is 53.5. The SMILES string of the molecule is CCOC(=O)[C@@H](CCCCCCCNC(=O)OC(C)(C)C)NC1CSc2ccccc2N(CC(=O)OC(C)(C)C)C1=O. The van der Waals surface area contributed by atoms with Crippen LogP contribution in [0.3, 0.4) is 0 Å². The number of benzene rings is 1. The van der Waals surface area contributed by atoms with Crippen LogP contribution in [0.4, 0.5) is 10.5 Å². The first kappa shape index (κ1) is 35.4. The molecule has 1 aromatic rings. The Morgan fingerprint density at radius 3 is 2.29 bits per heavy atom. The molecule has 0 radical (unpaired) electrons. The Bertz CT molecular complexity index is 1050. The zero-order valence-electron chi connectivity index (χ0n) is 26.2. The van der Waals surface area contributed by atoms with E-state index in [1.807, 2.05) is 45.0 Å². The number of amides is 2. The lowest BCUT2D eigenvalue weighted by atomic mass is 10.0. The Kier molecular flexibility index (Phi) is 14.1. The number of rotatable bonds is 14. The van der Waals surface area contributed by atoms with Crippen molar-refractivity contribution < 1.29 is 33.4 Å². The molecule has 0 spiro atoms. The first-order valence-corrected chi connectivity index (χ1v) is 15.8. The van der Waals surface area contributed by atoms with Crippen LogP contribution < -0.4 is 15.5 Å². The van der Waals surface area contributed by atoms with Crippen LogP contribution in [0.5, 0.6) is 0 Å². The van der Waals surface area contributed by atoms with E-state index in [-0.39, 0.29) is 19.1 Å². The number of unbranched alkanes of at least 4 members (excludes halogenated alkanes) is 4. The zero-order chi connectivity index (χ0) is 31.3. The molecule has 1 unspecified atom stereocenters. The molecular formula is C31H49N3O7S. The van der Waals surface area contributed by atoms with Gasteiger partial charge in [-0.15, -0.1) is 11.8 Å². The van der Waals surface area contributed by atoms with Crippen LogP contribution in [-0.2, 0) is 28.6 Å². The summed E-state index contributed by atoms with van der Waals surface area (Å²) < 4.78 is 16.1. The van der Waals surface area contributed by atoms with Crippen molar-refractivity contribution in [1.29, 1.82) is 0 Å². The minimum absolute atomic E-state index is 0.223. The maximum atomic E-state index is 13.8. The molecule has 10 nitrogen and oxygen atoms in total. The molecule has 0 bridgehead atoms. The fourth-order valence-corrected chi connectivity index (χ4v) is 5.49. The lowest BCUT2D eigenvalue weighted by Gasteiger charge is -2.28. The summed E-state index contributed by atoms with van der Waals surface area (Å²) in [5, 5.41) is 6.02. The fraction of sp³-hybridized carbons (Fsp3) is 0.677. The van der Waals surface area contributed by atoms with Gasteiger partial charge in [0.2, 0.25) is 5.91 Å². The second kappa shape index (κ2) is 16.7. The summed E-state index contributed by atoms with van der Waals surface area (Å²) in [6, 6.07) is 6.11. The van der Waals surface area contributed by atoms with Crippen LogP contribution in [0.1, 0.15) is 87.0 Å². The quantitative estimate of drug-likeness (QED) is 0.166. The average Bonchev–Trinajstić information content (AvgIpc) is 2.99. The maximum Gasteiger partial charge on any atom is 0.407 e. The molecule has 1 aromatic carbocycles. The number of hydrogen-bond donors (Lipinski definition) is 2. The highest BCUT2D eigenvalue weighted by Crippen LogP contribution is 2.34. The Morgan fingerprint density at radius 1 is 0.976 bits per heavy atom. The maximum absolute atomic E-state index is 13.8. The number of thioether (sulfide) groups is 1. The van der Waals surface area contributed by atoms with E-state index >= 15 is 0 Å². The molecule has 0 saturated heterocycles. The summed E-state index contributed by atoms with van der Waals surface area (Å²) in [6.45, 7) is 13.2. The Labute approximate surface area is 255 Å². The van der Waals surface area contributed by atoms with Gasteiger partial charge in [0.1, 0.15) is 23.8 Å². The van der Waals surface area contributed by atoms with Crippen molar-refractivity contribution in [3.05, 3.63) is 24.3 Å². The van der Waals surface area contributed by atoms with Gasteiger partial charge >= 0.3 is 18.0 Å². The summed E-state index contributed by atoms with van der Waals surface area (Å²) >= 11 is 1.51. The van der Waals surface area contributed by atoms with Gasteiger partial charge in [-0.2, -0.15) is 0 Å². The lowest BCUT2D eigenvalue weighted by molar-refractivity contribution is -0.154. The largest absolute Gasteiger partial charge is 0.465 e. The van der Waals surface area contributed by atoms with Gasteiger partial charge in [0.15, 0.2) is 0 Å². The Balaban J connectivity index is 1.96. The number of nitrogens with one attached hydrogen (secondary N) is 2. The van der Waals surface area contributed by atoms with Gasteiger partial charge in [-0.1, -0.05) is 37.8 Å². The van der Waals surface area contributed by atoms with Crippen LogP contribution in [0, 0.1) is 0 Å². The van der Waals surface area contributed by atoms with Gasteiger partial charge in [-0.25, -0.2) is 4.79 Å². The highest BCUT2D eigenvalue weighted by Gasteiger charge is 2.35. The van der Waals surface area contributed by atoms with Crippen LogP contribution in [-0.4, -0.2) is 72.7 Å². The first-order chi connectivity index (χ1) is 19.7. The highest BCUT2D eigenvalue weighted by atomic mass is 32.2. The lowest BCUT2D eigenvalue weighted by Crippen LogP contribution is -2.54. The third kappa shape index (κ3) is 13.0. The topological polar surface area (TPSA) is 123 Å². The normalized spacial score (nSPS) is 16.2. The zero-order valence-corrected chi connectivity index (χ0v) is 27.1. The molecule has 0 fully saturated rings. The summed E-state index contributed by atoms with van der Waals surface area (Å²) in [6.07, 6.45) is 4.48. The smallest absolute Gasteiger partial charge is 0.407 e. The third-order valence-electron chi connectivity index (χ3n) is 6.14. The van der Waals surface area contributed by atoms with Gasteiger partial charge in [0.05, 0.1) is 18.3 Å². The number of anilines is 1. The molecule has 1 heterocycles. The van der Waals surface area contributed by atoms with Crippen molar-refractivity contribution in [3.8, 4) is 0 Å². The molecule has 236 valence electrons. The molecule has 42 heavy (non-hydrogen) atoms. The van der Waals surface area contributed by atoms with Crippen molar-refractivity contribution in [2.45, 2.75) is 115 Å². The van der Waals surface area contributed by atoms with E-state index in [1.165, 1.54) is 16.7 Å². The molecule has 0 aliphatic carbocycles. The standard InChI is InChI=1S/C31H49N3O7S/c1-8-39-28(37)22(16-12-10-9-11-15-19-32-29(38)41-31(5,6)7)33-23-21-42-25-18-14-13-17-24(25)34(27(23)36)20-26(35)40-30(2,3)4/h13-14,17-18,22-23,33H,8-12,15-16,19-21H2,1-7H3,(H,32,38)/t22-,23?/m1/s1. The Hall–Kier alpha value is -2.79. The number of esters is 2. The number of fused-ring (bicyclic) bond motifs is 1. The summed E-state index contributed by atoms with van der Waals surface area (Å²) in [5.41, 5.74) is -0.549. The van der Waals surface area contributed by atoms with Gasteiger partial charge < -0.3 is 19.5 Å². The third-order valence-corrected chi connectivity index (χ3v) is 7.30. The highest BCUT2D eigenvalue weighted by molar-refractivity contribution is 7.99. The number of hydrogen-bond acceptors (Lipinski definition) is 9. The molecule has 0 saturated carbocycles. The van der Waals surface area contributed by atoms with Gasteiger partial charge in [0, 0.05) is 17.2 Å². The molecule has 2 rings (SSSR count). The average molecular weight is 608 g/mol. The number of alkyl carbamates (subject to hydrolysis) is 1. The molecule has 2 amide bonds. The summed E-state index contributed by atoms with van der Waals surface area (Å²) in [7, 11) is 0. The second-order valence-corrected chi connectivity index (χ2v) is 13.4.